The van der Waals surface area contributed by atoms with Gasteiger partial charge in [-0.05, 0) is 63.6 Å². The van der Waals surface area contributed by atoms with E-state index in [0.29, 0.717) is 36.8 Å². The molecule has 2 amide bonds. The molecule has 1 atom stereocenters. The molecule has 0 radical (unpaired) electrons. The van der Waals surface area contributed by atoms with Crippen molar-refractivity contribution in [1.29, 1.82) is 0 Å². The van der Waals surface area contributed by atoms with Crippen molar-refractivity contribution in [3.8, 4) is 17.2 Å². The Morgan fingerprint density at radius 1 is 1.00 bits per heavy atom. The summed E-state index contributed by atoms with van der Waals surface area (Å²) < 4.78 is 19.6. The molecule has 0 spiro atoms. The van der Waals surface area contributed by atoms with Gasteiger partial charge in [0.15, 0.2) is 17.2 Å². The van der Waals surface area contributed by atoms with Gasteiger partial charge < -0.3 is 29.0 Å². The van der Waals surface area contributed by atoms with Crippen LogP contribution in [0.4, 0.5) is 10.5 Å². The Hall–Kier alpha value is -4.46. The highest BCUT2D eigenvalue weighted by Crippen LogP contribution is 2.36. The third kappa shape index (κ3) is 5.55. The summed E-state index contributed by atoms with van der Waals surface area (Å²) in [5, 5.41) is 3.74. The van der Waals surface area contributed by atoms with Crippen LogP contribution in [0.25, 0.3) is 10.9 Å². The van der Waals surface area contributed by atoms with Gasteiger partial charge in [0.05, 0.1) is 11.2 Å². The third-order valence-electron chi connectivity index (χ3n) is 6.82. The first kappa shape index (κ1) is 26.2. The average molecular weight is 528 g/mol. The fourth-order valence-corrected chi connectivity index (χ4v) is 4.95. The molecule has 1 aliphatic rings. The standard InChI is InChI=1S/C31H33N3O5/c1-5-33(6-2)31(36)39-27-12-11-24-23(13-14-34(24)18-22-16-20(3)15-21(4)17-22)29(27)32-30(35)28-19-37-25-9-7-8-10-26(25)38-28/h7-17,28H,5-6,18-19H2,1-4H3,(H,32,35). The van der Waals surface area contributed by atoms with Crippen molar-refractivity contribution in [2.45, 2.75) is 40.3 Å². The summed E-state index contributed by atoms with van der Waals surface area (Å²) in [6, 6.07) is 19.3. The molecule has 1 unspecified atom stereocenters. The molecule has 3 aromatic carbocycles. The Kier molecular flexibility index (Phi) is 7.45. The van der Waals surface area contributed by atoms with Crippen LogP contribution in [0, 0.1) is 13.8 Å². The molecule has 5 rings (SSSR count). The molecule has 202 valence electrons. The Bertz CT molecular complexity index is 1500. The first-order valence-corrected chi connectivity index (χ1v) is 13.2. The van der Waals surface area contributed by atoms with Crippen LogP contribution in [0.2, 0.25) is 0 Å². The summed E-state index contributed by atoms with van der Waals surface area (Å²) in [6.07, 6.45) is 0.638. The molecule has 0 aliphatic carbocycles. The first-order valence-electron chi connectivity index (χ1n) is 13.2. The lowest BCUT2D eigenvalue weighted by molar-refractivity contribution is -0.125. The highest BCUT2D eigenvalue weighted by Gasteiger charge is 2.29. The molecular formula is C31H33N3O5. The van der Waals surface area contributed by atoms with Crippen LogP contribution in [0.3, 0.4) is 0 Å². The maximum atomic E-state index is 13.4. The molecule has 1 N–H and O–H groups in total. The lowest BCUT2D eigenvalue weighted by Gasteiger charge is -2.26. The second-order valence-corrected chi connectivity index (χ2v) is 9.70. The number of para-hydroxylation sites is 2. The maximum Gasteiger partial charge on any atom is 0.415 e. The van der Waals surface area contributed by atoms with Crippen molar-refractivity contribution in [2.75, 3.05) is 25.0 Å². The van der Waals surface area contributed by atoms with E-state index >= 15 is 0 Å². The smallest absolute Gasteiger partial charge is 0.415 e. The lowest BCUT2D eigenvalue weighted by atomic mass is 10.1. The van der Waals surface area contributed by atoms with Crippen molar-refractivity contribution in [2.24, 2.45) is 0 Å². The second kappa shape index (κ2) is 11.1. The minimum absolute atomic E-state index is 0.0705. The van der Waals surface area contributed by atoms with Gasteiger partial charge in [-0.1, -0.05) is 41.5 Å². The monoisotopic (exact) mass is 527 g/mol. The zero-order valence-electron chi connectivity index (χ0n) is 22.7. The largest absolute Gasteiger partial charge is 0.485 e. The molecule has 0 bridgehead atoms. The SMILES string of the molecule is CCN(CC)C(=O)Oc1ccc2c(ccn2Cc2cc(C)cc(C)c2)c1NC(=O)C1COc2ccccc2O1. The fraction of sp³-hybridized carbons (Fsp3) is 0.290. The number of ether oxygens (including phenoxy) is 3. The number of carbonyl (C=O) groups excluding carboxylic acids is 2. The molecule has 39 heavy (non-hydrogen) atoms. The van der Waals surface area contributed by atoms with Crippen LogP contribution < -0.4 is 19.5 Å². The summed E-state index contributed by atoms with van der Waals surface area (Å²) in [5.41, 5.74) is 4.91. The average Bonchev–Trinajstić information content (AvgIpc) is 3.32. The summed E-state index contributed by atoms with van der Waals surface area (Å²) in [7, 11) is 0. The number of amides is 2. The minimum Gasteiger partial charge on any atom is -0.485 e. The summed E-state index contributed by atoms with van der Waals surface area (Å²) in [4.78, 5) is 27.8. The van der Waals surface area contributed by atoms with Crippen molar-refractivity contribution in [1.82, 2.24) is 9.47 Å². The van der Waals surface area contributed by atoms with E-state index in [2.05, 4.69) is 41.9 Å². The molecule has 8 heteroatoms. The minimum atomic E-state index is -0.862. The van der Waals surface area contributed by atoms with E-state index in [4.69, 9.17) is 14.2 Å². The van der Waals surface area contributed by atoms with Gasteiger partial charge >= 0.3 is 6.09 Å². The van der Waals surface area contributed by atoms with Gasteiger partial charge in [0, 0.05) is 31.2 Å². The number of hydrogen-bond acceptors (Lipinski definition) is 5. The van der Waals surface area contributed by atoms with E-state index < -0.39 is 12.2 Å². The molecule has 0 saturated heterocycles. The van der Waals surface area contributed by atoms with Gasteiger partial charge in [0.25, 0.3) is 5.91 Å². The number of carbonyl (C=O) groups is 2. The molecule has 0 saturated carbocycles. The van der Waals surface area contributed by atoms with Crippen LogP contribution in [-0.4, -0.2) is 47.3 Å². The van der Waals surface area contributed by atoms with E-state index in [9.17, 15) is 9.59 Å². The molecule has 4 aromatic rings. The maximum absolute atomic E-state index is 13.4. The number of rotatable bonds is 7. The molecule has 1 aliphatic heterocycles. The van der Waals surface area contributed by atoms with E-state index in [-0.39, 0.29) is 18.3 Å². The number of benzene rings is 3. The van der Waals surface area contributed by atoms with Crippen molar-refractivity contribution >= 4 is 28.6 Å². The first-order chi connectivity index (χ1) is 18.9. The lowest BCUT2D eigenvalue weighted by Crippen LogP contribution is -2.40. The van der Waals surface area contributed by atoms with Crippen molar-refractivity contribution in [3.05, 3.63) is 83.6 Å². The van der Waals surface area contributed by atoms with Crippen LogP contribution in [-0.2, 0) is 11.3 Å². The number of anilines is 1. The molecule has 2 heterocycles. The van der Waals surface area contributed by atoms with Gasteiger partial charge in [-0.25, -0.2) is 4.79 Å². The zero-order chi connectivity index (χ0) is 27.5. The number of aromatic nitrogens is 1. The molecule has 8 nitrogen and oxygen atoms in total. The topological polar surface area (TPSA) is 82.0 Å². The summed E-state index contributed by atoms with van der Waals surface area (Å²) in [6.45, 7) is 9.71. The van der Waals surface area contributed by atoms with E-state index in [1.54, 1.807) is 23.1 Å². The second-order valence-electron chi connectivity index (χ2n) is 9.70. The number of nitrogens with zero attached hydrogens (tertiary/aromatic N) is 2. The zero-order valence-corrected chi connectivity index (χ0v) is 22.7. The fourth-order valence-electron chi connectivity index (χ4n) is 4.95. The predicted octanol–water partition coefficient (Wildman–Crippen LogP) is 5.93. The number of nitrogens with one attached hydrogen (secondary N) is 1. The molecule has 1 aromatic heterocycles. The summed E-state index contributed by atoms with van der Waals surface area (Å²) in [5.74, 6) is 0.990. The molecule has 0 fully saturated rings. The predicted molar refractivity (Wildman–Crippen MR) is 151 cm³/mol. The van der Waals surface area contributed by atoms with Crippen LogP contribution >= 0.6 is 0 Å². The highest BCUT2D eigenvalue weighted by atomic mass is 16.6. The number of fused-ring (bicyclic) bond motifs is 2. The quantitative estimate of drug-likeness (QED) is 0.322. The van der Waals surface area contributed by atoms with Gasteiger partial charge in [-0.3, -0.25) is 4.79 Å². The third-order valence-corrected chi connectivity index (χ3v) is 6.82. The van der Waals surface area contributed by atoms with E-state index in [1.807, 2.05) is 44.3 Å². The van der Waals surface area contributed by atoms with Crippen molar-refractivity contribution in [3.63, 3.8) is 0 Å². The van der Waals surface area contributed by atoms with E-state index in [1.165, 1.54) is 16.7 Å². The van der Waals surface area contributed by atoms with Gasteiger partial charge in [0.1, 0.15) is 6.61 Å². The van der Waals surface area contributed by atoms with Crippen molar-refractivity contribution < 1.29 is 23.8 Å². The number of aryl methyl sites for hydroxylation is 2. The Balaban J connectivity index is 1.48. The Morgan fingerprint density at radius 3 is 2.44 bits per heavy atom. The van der Waals surface area contributed by atoms with Crippen LogP contribution in [0.15, 0.2) is 66.9 Å². The van der Waals surface area contributed by atoms with Gasteiger partial charge in [-0.15, -0.1) is 0 Å². The Labute approximate surface area is 228 Å². The summed E-state index contributed by atoms with van der Waals surface area (Å²) >= 11 is 0. The normalized spacial score (nSPS) is 14.2. The number of hydrogen-bond donors (Lipinski definition) is 1. The van der Waals surface area contributed by atoms with Gasteiger partial charge in [-0.2, -0.15) is 0 Å². The van der Waals surface area contributed by atoms with Gasteiger partial charge in [0.2, 0.25) is 6.10 Å². The van der Waals surface area contributed by atoms with Crippen LogP contribution in [0.5, 0.6) is 17.2 Å². The highest BCUT2D eigenvalue weighted by molar-refractivity contribution is 6.06. The Morgan fingerprint density at radius 2 is 1.72 bits per heavy atom. The molecular weight excluding hydrogens is 494 g/mol. The van der Waals surface area contributed by atoms with Crippen LogP contribution in [0.1, 0.15) is 30.5 Å². The van der Waals surface area contributed by atoms with E-state index in [0.717, 1.165) is 10.9 Å².